The Hall–Kier alpha value is -3.36. The molecule has 3 rings (SSSR count). The van der Waals surface area contributed by atoms with E-state index < -0.39 is 34.1 Å². The molecule has 40 heavy (non-hydrogen) atoms. The van der Waals surface area contributed by atoms with Gasteiger partial charge in [-0.1, -0.05) is 73.1 Å². The number of sulfonamides is 1. The number of carbonyl (C=O) groups excluding carboxylic acids is 2. The fourth-order valence-electron chi connectivity index (χ4n) is 4.45. The minimum atomic E-state index is -4.14. The Labute approximate surface area is 243 Å². The number of amides is 2. The van der Waals surface area contributed by atoms with Gasteiger partial charge in [0.1, 0.15) is 12.6 Å². The lowest BCUT2D eigenvalue weighted by Gasteiger charge is -2.35. The number of rotatable bonds is 11. The van der Waals surface area contributed by atoms with E-state index in [-0.39, 0.29) is 17.3 Å². The second kappa shape index (κ2) is 13.3. The number of hydrogen-bond acceptors (Lipinski definition) is 4. The lowest BCUT2D eigenvalue weighted by molar-refractivity contribution is -0.140. The standard InChI is InChI=1S/C31H38ClN3O4S/c1-6-27(30(37)33-31(3,4)5)34(21-20-24-14-9-7-10-15-24)29(36)22-35(28-19-13-18-26(32)23(28)2)40(38,39)25-16-11-8-12-17-25/h7-19,27H,6,20-22H2,1-5H3,(H,33,37). The molecule has 0 saturated heterocycles. The van der Waals surface area contributed by atoms with Crippen molar-refractivity contribution < 1.29 is 18.0 Å². The highest BCUT2D eigenvalue weighted by Gasteiger charge is 2.35. The number of hydrogen-bond donors (Lipinski definition) is 1. The molecule has 1 unspecified atom stereocenters. The van der Waals surface area contributed by atoms with Gasteiger partial charge in [-0.2, -0.15) is 0 Å². The summed E-state index contributed by atoms with van der Waals surface area (Å²) in [6.07, 6.45) is 0.873. The molecule has 1 atom stereocenters. The van der Waals surface area contributed by atoms with Crippen LogP contribution in [0, 0.1) is 6.92 Å². The van der Waals surface area contributed by atoms with E-state index in [1.807, 2.05) is 58.0 Å². The first kappa shape index (κ1) is 31.2. The van der Waals surface area contributed by atoms with E-state index in [1.54, 1.807) is 43.3 Å². The van der Waals surface area contributed by atoms with Crippen molar-refractivity contribution in [3.05, 3.63) is 95.0 Å². The van der Waals surface area contributed by atoms with E-state index in [9.17, 15) is 18.0 Å². The van der Waals surface area contributed by atoms with Crippen LogP contribution in [0.4, 0.5) is 5.69 Å². The topological polar surface area (TPSA) is 86.8 Å². The van der Waals surface area contributed by atoms with Gasteiger partial charge in [0.05, 0.1) is 10.6 Å². The molecule has 0 aliphatic heterocycles. The van der Waals surface area contributed by atoms with Crippen molar-refractivity contribution in [3.8, 4) is 0 Å². The number of benzene rings is 3. The van der Waals surface area contributed by atoms with Crippen molar-refractivity contribution in [3.63, 3.8) is 0 Å². The van der Waals surface area contributed by atoms with Crippen molar-refractivity contribution >= 4 is 39.1 Å². The molecule has 0 saturated carbocycles. The highest BCUT2D eigenvalue weighted by Crippen LogP contribution is 2.31. The molecule has 3 aromatic rings. The van der Waals surface area contributed by atoms with E-state index in [0.29, 0.717) is 29.1 Å². The summed E-state index contributed by atoms with van der Waals surface area (Å²) in [5, 5.41) is 3.36. The number of carbonyl (C=O) groups is 2. The number of halogens is 1. The molecule has 214 valence electrons. The molecule has 9 heteroatoms. The minimum Gasteiger partial charge on any atom is -0.350 e. The molecule has 0 aliphatic carbocycles. The molecule has 0 bridgehead atoms. The van der Waals surface area contributed by atoms with Crippen LogP contribution < -0.4 is 9.62 Å². The molecule has 3 aromatic carbocycles. The van der Waals surface area contributed by atoms with Gasteiger partial charge in [0, 0.05) is 17.1 Å². The average molecular weight is 584 g/mol. The minimum absolute atomic E-state index is 0.0514. The Morgan fingerprint density at radius 2 is 1.52 bits per heavy atom. The molecule has 0 heterocycles. The van der Waals surface area contributed by atoms with Gasteiger partial charge in [-0.25, -0.2) is 8.42 Å². The van der Waals surface area contributed by atoms with E-state index in [2.05, 4.69) is 5.32 Å². The van der Waals surface area contributed by atoms with Crippen LogP contribution in [0.1, 0.15) is 45.2 Å². The van der Waals surface area contributed by atoms with E-state index in [0.717, 1.165) is 9.87 Å². The average Bonchev–Trinajstić information content (AvgIpc) is 2.91. The van der Waals surface area contributed by atoms with Gasteiger partial charge >= 0.3 is 0 Å². The predicted octanol–water partition coefficient (Wildman–Crippen LogP) is 5.61. The molecular formula is C31H38ClN3O4S. The third-order valence-corrected chi connectivity index (χ3v) is 8.67. The molecule has 0 aromatic heterocycles. The van der Waals surface area contributed by atoms with Gasteiger partial charge in [-0.05, 0) is 75.9 Å². The van der Waals surface area contributed by atoms with E-state index in [1.165, 1.54) is 17.0 Å². The Kier molecular flexibility index (Phi) is 10.4. The third kappa shape index (κ3) is 7.86. The summed E-state index contributed by atoms with van der Waals surface area (Å²) >= 11 is 6.38. The maximum atomic E-state index is 14.1. The predicted molar refractivity (Wildman–Crippen MR) is 161 cm³/mol. The first-order valence-electron chi connectivity index (χ1n) is 13.3. The number of anilines is 1. The van der Waals surface area contributed by atoms with Crippen LogP contribution >= 0.6 is 11.6 Å². The van der Waals surface area contributed by atoms with Crippen LogP contribution in [0.15, 0.2) is 83.8 Å². The van der Waals surface area contributed by atoms with Crippen LogP contribution in [0.3, 0.4) is 0 Å². The molecule has 2 amide bonds. The summed E-state index contributed by atoms with van der Waals surface area (Å²) in [4.78, 5) is 29.0. The highest BCUT2D eigenvalue weighted by molar-refractivity contribution is 7.92. The van der Waals surface area contributed by atoms with Crippen molar-refractivity contribution in [1.82, 2.24) is 10.2 Å². The van der Waals surface area contributed by atoms with Crippen LogP contribution in [0.2, 0.25) is 5.02 Å². The van der Waals surface area contributed by atoms with Crippen LogP contribution in [-0.2, 0) is 26.0 Å². The quantitative estimate of drug-likeness (QED) is 0.318. The number of nitrogens with zero attached hydrogens (tertiary/aromatic N) is 2. The Balaban J connectivity index is 2.05. The SMILES string of the molecule is CCC(C(=O)NC(C)(C)C)N(CCc1ccccc1)C(=O)CN(c1cccc(Cl)c1C)S(=O)(=O)c1ccccc1. The summed E-state index contributed by atoms with van der Waals surface area (Å²) in [5.41, 5.74) is 1.34. The molecule has 0 radical (unpaired) electrons. The lowest BCUT2D eigenvalue weighted by Crippen LogP contribution is -2.56. The molecule has 0 fully saturated rings. The van der Waals surface area contributed by atoms with Gasteiger partial charge in [0.2, 0.25) is 11.8 Å². The zero-order valence-corrected chi connectivity index (χ0v) is 25.3. The normalized spacial score (nSPS) is 12.4. The van der Waals surface area contributed by atoms with Crippen LogP contribution in [0.5, 0.6) is 0 Å². The monoisotopic (exact) mass is 583 g/mol. The summed E-state index contributed by atoms with van der Waals surface area (Å²) in [5.74, 6) is -0.765. The molecule has 0 spiro atoms. The van der Waals surface area contributed by atoms with Gasteiger partial charge < -0.3 is 10.2 Å². The lowest BCUT2D eigenvalue weighted by atomic mass is 10.1. The van der Waals surface area contributed by atoms with E-state index >= 15 is 0 Å². The molecule has 1 N–H and O–H groups in total. The third-order valence-electron chi connectivity index (χ3n) is 6.49. The van der Waals surface area contributed by atoms with Gasteiger partial charge in [0.15, 0.2) is 0 Å². The van der Waals surface area contributed by atoms with Gasteiger partial charge in [-0.15, -0.1) is 0 Å². The van der Waals surface area contributed by atoms with Crippen LogP contribution in [-0.4, -0.2) is 49.8 Å². The van der Waals surface area contributed by atoms with Gasteiger partial charge in [0.25, 0.3) is 10.0 Å². The van der Waals surface area contributed by atoms with Gasteiger partial charge in [-0.3, -0.25) is 13.9 Å². The van der Waals surface area contributed by atoms with Crippen molar-refractivity contribution in [2.75, 3.05) is 17.4 Å². The summed E-state index contributed by atoms with van der Waals surface area (Å²) in [7, 11) is -4.14. The zero-order chi connectivity index (χ0) is 29.5. The Morgan fingerprint density at radius 3 is 2.10 bits per heavy atom. The van der Waals surface area contributed by atoms with Crippen LogP contribution in [0.25, 0.3) is 0 Å². The Bertz CT molecular complexity index is 1410. The maximum Gasteiger partial charge on any atom is 0.264 e. The molecular weight excluding hydrogens is 546 g/mol. The smallest absolute Gasteiger partial charge is 0.264 e. The largest absolute Gasteiger partial charge is 0.350 e. The number of nitrogens with one attached hydrogen (secondary N) is 1. The van der Waals surface area contributed by atoms with Crippen molar-refractivity contribution in [2.24, 2.45) is 0 Å². The molecule has 0 aliphatic rings. The van der Waals surface area contributed by atoms with Crippen molar-refractivity contribution in [2.45, 2.75) is 63.9 Å². The summed E-state index contributed by atoms with van der Waals surface area (Å²) in [6, 6.07) is 21.8. The summed E-state index contributed by atoms with van der Waals surface area (Å²) < 4.78 is 28.9. The second-order valence-electron chi connectivity index (χ2n) is 10.7. The van der Waals surface area contributed by atoms with Crippen molar-refractivity contribution in [1.29, 1.82) is 0 Å². The first-order valence-corrected chi connectivity index (χ1v) is 15.1. The molecule has 7 nitrogen and oxygen atoms in total. The zero-order valence-electron chi connectivity index (χ0n) is 23.7. The fourth-order valence-corrected chi connectivity index (χ4v) is 6.11. The maximum absolute atomic E-state index is 14.1. The first-order chi connectivity index (χ1) is 18.8. The van der Waals surface area contributed by atoms with E-state index in [4.69, 9.17) is 11.6 Å². The second-order valence-corrected chi connectivity index (χ2v) is 13.0. The Morgan fingerprint density at radius 1 is 0.925 bits per heavy atom. The summed E-state index contributed by atoms with van der Waals surface area (Å²) in [6.45, 7) is 8.94. The fraction of sp³-hybridized carbons (Fsp3) is 0.355. The highest BCUT2D eigenvalue weighted by atomic mass is 35.5.